The van der Waals surface area contributed by atoms with Crippen molar-refractivity contribution in [3.05, 3.63) is 58.9 Å². The lowest BCUT2D eigenvalue weighted by Gasteiger charge is -2.14. The summed E-state index contributed by atoms with van der Waals surface area (Å²) < 4.78 is 44.3. The Balaban J connectivity index is 1.39. The molecule has 1 fully saturated rings. The highest BCUT2D eigenvalue weighted by Crippen LogP contribution is 2.59. The number of aromatic nitrogens is 2. The number of alkyl halides is 3. The molecule has 2 aromatic heterocycles. The minimum Gasteiger partial charge on any atom is -0.382 e. The molecular formula is C20H16ClF3N4O2. The smallest absolute Gasteiger partial charge is 0.382 e. The summed E-state index contributed by atoms with van der Waals surface area (Å²) in [4.78, 5) is 16.2. The molecule has 1 aliphatic rings. The molecule has 3 N–H and O–H groups in total. The van der Waals surface area contributed by atoms with Crippen LogP contribution >= 0.6 is 11.6 Å². The van der Waals surface area contributed by atoms with E-state index in [4.69, 9.17) is 21.9 Å². The first-order chi connectivity index (χ1) is 14.2. The zero-order valence-corrected chi connectivity index (χ0v) is 16.2. The zero-order chi connectivity index (χ0) is 21.5. The quantitative estimate of drug-likeness (QED) is 0.602. The third-order valence-electron chi connectivity index (χ3n) is 5.06. The maximum Gasteiger partial charge on any atom is 0.401 e. The van der Waals surface area contributed by atoms with Crippen LogP contribution in [0, 0.1) is 0 Å². The van der Waals surface area contributed by atoms with Crippen LogP contribution in [0.1, 0.15) is 24.2 Å². The van der Waals surface area contributed by atoms with Gasteiger partial charge in [-0.15, -0.1) is 0 Å². The van der Waals surface area contributed by atoms with Crippen molar-refractivity contribution in [1.82, 2.24) is 10.1 Å². The van der Waals surface area contributed by atoms with Crippen LogP contribution in [-0.2, 0) is 16.6 Å². The fraction of sp³-hybridized carbons (Fsp3) is 0.250. The van der Waals surface area contributed by atoms with Crippen LogP contribution in [-0.4, -0.2) is 22.2 Å². The van der Waals surface area contributed by atoms with E-state index in [0.717, 1.165) is 17.2 Å². The molecular weight excluding hydrogens is 421 g/mol. The highest BCUT2D eigenvalue weighted by Gasteiger charge is 2.66. The van der Waals surface area contributed by atoms with Gasteiger partial charge < -0.3 is 15.6 Å². The van der Waals surface area contributed by atoms with Gasteiger partial charge in [-0.2, -0.15) is 13.2 Å². The van der Waals surface area contributed by atoms with Crippen LogP contribution in [0.5, 0.6) is 0 Å². The monoisotopic (exact) mass is 436 g/mol. The number of nitrogens with zero attached hydrogens (tertiary/aromatic N) is 2. The molecule has 2 heterocycles. The fourth-order valence-electron chi connectivity index (χ4n) is 3.15. The van der Waals surface area contributed by atoms with Crippen molar-refractivity contribution in [1.29, 1.82) is 0 Å². The van der Waals surface area contributed by atoms with E-state index in [0.29, 0.717) is 10.6 Å². The number of halogens is 4. The van der Waals surface area contributed by atoms with E-state index in [1.165, 1.54) is 0 Å². The van der Waals surface area contributed by atoms with Crippen molar-refractivity contribution >= 4 is 29.1 Å². The minimum absolute atomic E-state index is 0.0215. The average molecular weight is 437 g/mol. The molecule has 0 unspecified atom stereocenters. The first-order valence-electron chi connectivity index (χ1n) is 9.02. The molecule has 156 valence electrons. The molecule has 1 aliphatic carbocycles. The molecule has 0 bridgehead atoms. The van der Waals surface area contributed by atoms with E-state index in [1.807, 2.05) is 0 Å². The van der Waals surface area contributed by atoms with Gasteiger partial charge in [0.2, 0.25) is 5.91 Å². The summed E-state index contributed by atoms with van der Waals surface area (Å²) in [6, 6.07) is 9.97. The van der Waals surface area contributed by atoms with Gasteiger partial charge in [0.15, 0.2) is 11.6 Å². The Kier molecular flexibility index (Phi) is 4.93. The van der Waals surface area contributed by atoms with Crippen LogP contribution < -0.4 is 11.1 Å². The third-order valence-corrected chi connectivity index (χ3v) is 5.37. The van der Waals surface area contributed by atoms with Crippen LogP contribution in [0.4, 0.5) is 24.8 Å². The number of nitrogens with one attached hydrogen (secondary N) is 1. The van der Waals surface area contributed by atoms with Crippen LogP contribution in [0.3, 0.4) is 0 Å². The van der Waals surface area contributed by atoms with Gasteiger partial charge in [0, 0.05) is 17.8 Å². The first kappa shape index (κ1) is 20.2. The summed E-state index contributed by atoms with van der Waals surface area (Å²) in [5.74, 6) is -0.487. The van der Waals surface area contributed by atoms with E-state index < -0.39 is 17.5 Å². The second-order valence-electron chi connectivity index (χ2n) is 7.17. The van der Waals surface area contributed by atoms with E-state index in [1.54, 1.807) is 36.5 Å². The fourth-order valence-corrected chi connectivity index (χ4v) is 3.31. The molecule has 0 atom stereocenters. The van der Waals surface area contributed by atoms with Gasteiger partial charge in [-0.25, -0.2) is 4.98 Å². The topological polar surface area (TPSA) is 94.0 Å². The van der Waals surface area contributed by atoms with Crippen molar-refractivity contribution in [2.75, 3.05) is 11.1 Å². The molecule has 10 heteroatoms. The molecule has 0 aliphatic heterocycles. The Labute approximate surface area is 174 Å². The molecule has 1 amide bonds. The number of hydrogen-bond acceptors (Lipinski definition) is 5. The Morgan fingerprint density at radius 3 is 2.50 bits per heavy atom. The zero-order valence-electron chi connectivity index (χ0n) is 15.5. The van der Waals surface area contributed by atoms with E-state index in [2.05, 4.69) is 15.5 Å². The molecule has 3 aromatic rings. The highest BCUT2D eigenvalue weighted by molar-refractivity contribution is 6.33. The van der Waals surface area contributed by atoms with E-state index in [9.17, 15) is 18.0 Å². The number of nitrogen functional groups attached to an aromatic ring is 1. The Hall–Kier alpha value is -3.07. The third kappa shape index (κ3) is 3.85. The molecule has 0 radical (unpaired) electrons. The van der Waals surface area contributed by atoms with Crippen molar-refractivity contribution in [3.8, 4) is 11.1 Å². The number of carbonyl (C=O) groups excluding carboxylic acids is 1. The Bertz CT molecular complexity index is 1090. The number of pyridine rings is 1. The largest absolute Gasteiger partial charge is 0.401 e. The molecule has 0 spiro atoms. The standard InChI is InChI=1S/C20H16ClF3N4O2/c21-14-8-13(10-26-18(14)25)12-3-1-11(2-4-12)7-17(29)27-16-9-15(30-28-16)19(5-6-19)20(22,23)24/h1-4,8-10H,5-7H2,(H2,25,26)(H,27,28,29). The number of benzene rings is 1. The van der Waals surface area contributed by atoms with Gasteiger partial charge in [0.25, 0.3) is 0 Å². The number of rotatable bonds is 5. The number of carbonyl (C=O) groups is 1. The predicted molar refractivity (Wildman–Crippen MR) is 105 cm³/mol. The molecule has 1 aromatic carbocycles. The van der Waals surface area contributed by atoms with Crippen molar-refractivity contribution in [3.63, 3.8) is 0 Å². The second-order valence-corrected chi connectivity index (χ2v) is 7.58. The molecule has 6 nitrogen and oxygen atoms in total. The summed E-state index contributed by atoms with van der Waals surface area (Å²) in [5.41, 5.74) is 5.96. The normalized spacial score (nSPS) is 15.1. The summed E-state index contributed by atoms with van der Waals surface area (Å²) in [6.45, 7) is 0. The number of amides is 1. The van der Waals surface area contributed by atoms with Gasteiger partial charge in [-0.1, -0.05) is 41.0 Å². The van der Waals surface area contributed by atoms with Crippen molar-refractivity contribution in [2.45, 2.75) is 30.9 Å². The summed E-state index contributed by atoms with van der Waals surface area (Å²) >= 11 is 5.98. The van der Waals surface area contributed by atoms with Crippen molar-refractivity contribution < 1.29 is 22.5 Å². The number of hydrogen-bond donors (Lipinski definition) is 2. The van der Waals surface area contributed by atoms with Crippen molar-refractivity contribution in [2.24, 2.45) is 0 Å². The van der Waals surface area contributed by atoms with E-state index in [-0.39, 0.29) is 36.7 Å². The lowest BCUT2D eigenvalue weighted by atomic mass is 10.0. The summed E-state index contributed by atoms with van der Waals surface area (Å²) in [7, 11) is 0. The maximum atomic E-state index is 13.1. The van der Waals surface area contributed by atoms with Crippen LogP contribution in [0.15, 0.2) is 47.1 Å². The lowest BCUT2D eigenvalue weighted by Crippen LogP contribution is -2.28. The summed E-state index contributed by atoms with van der Waals surface area (Å²) in [6.07, 6.45) is -2.87. The average Bonchev–Trinajstić information content (AvgIpc) is 3.39. The highest BCUT2D eigenvalue weighted by atomic mass is 35.5. The SMILES string of the molecule is Nc1ncc(-c2ccc(CC(=O)Nc3cc(C4(C(F)(F)F)CC4)on3)cc2)cc1Cl. The maximum absolute atomic E-state index is 13.1. The Morgan fingerprint density at radius 2 is 1.90 bits per heavy atom. The number of anilines is 2. The second kappa shape index (κ2) is 7.32. The van der Waals surface area contributed by atoms with E-state index >= 15 is 0 Å². The predicted octanol–water partition coefficient (Wildman–Crippen LogP) is 4.75. The van der Waals surface area contributed by atoms with Gasteiger partial charge in [0.05, 0.1) is 11.4 Å². The van der Waals surface area contributed by atoms with Gasteiger partial charge >= 0.3 is 6.18 Å². The molecule has 30 heavy (non-hydrogen) atoms. The van der Waals surface area contributed by atoms with Crippen LogP contribution in [0.25, 0.3) is 11.1 Å². The van der Waals surface area contributed by atoms with Gasteiger partial charge in [0.1, 0.15) is 11.2 Å². The first-order valence-corrected chi connectivity index (χ1v) is 9.40. The Morgan fingerprint density at radius 1 is 1.20 bits per heavy atom. The molecule has 0 saturated heterocycles. The van der Waals surface area contributed by atoms with Gasteiger partial charge in [-0.3, -0.25) is 4.79 Å². The molecule has 1 saturated carbocycles. The van der Waals surface area contributed by atoms with Crippen LogP contribution in [0.2, 0.25) is 5.02 Å². The minimum atomic E-state index is -4.40. The number of nitrogens with two attached hydrogens (primary N) is 1. The summed E-state index contributed by atoms with van der Waals surface area (Å²) in [5, 5.41) is 6.37. The lowest BCUT2D eigenvalue weighted by molar-refractivity contribution is -0.165. The molecule has 4 rings (SSSR count). The van der Waals surface area contributed by atoms with Gasteiger partial charge in [-0.05, 0) is 30.0 Å².